The Kier molecular flexibility index (Phi) is 9.47. The summed E-state index contributed by atoms with van der Waals surface area (Å²) in [7, 11) is -5.26. The van der Waals surface area contributed by atoms with Gasteiger partial charge in [0.1, 0.15) is 5.75 Å². The van der Waals surface area contributed by atoms with Crippen molar-refractivity contribution < 1.29 is 26.3 Å². The van der Waals surface area contributed by atoms with Crippen molar-refractivity contribution in [2.24, 2.45) is 16.6 Å². The predicted octanol–water partition coefficient (Wildman–Crippen LogP) is 3.38. The van der Waals surface area contributed by atoms with E-state index < -0.39 is 15.5 Å². The van der Waals surface area contributed by atoms with E-state index in [1.165, 1.54) is 0 Å². The molecule has 0 aromatic heterocycles. The van der Waals surface area contributed by atoms with E-state index in [4.69, 9.17) is 10.5 Å². The van der Waals surface area contributed by atoms with Crippen LogP contribution in [0.5, 0.6) is 5.75 Å². The van der Waals surface area contributed by atoms with Crippen LogP contribution in [0.4, 0.5) is 18.9 Å². The second kappa shape index (κ2) is 10.7. The number of nitrogens with zero attached hydrogens (tertiary/aromatic N) is 2. The lowest BCUT2D eigenvalue weighted by Crippen LogP contribution is -2.45. The number of nitrogens with one attached hydrogen (secondary N) is 1. The van der Waals surface area contributed by atoms with Crippen molar-refractivity contribution in [1.82, 2.24) is 4.31 Å². The van der Waals surface area contributed by atoms with E-state index in [0.717, 1.165) is 11.4 Å². The maximum absolute atomic E-state index is 12.6. The van der Waals surface area contributed by atoms with Crippen molar-refractivity contribution in [3.8, 4) is 5.75 Å². The molecule has 166 valence electrons. The number of hydrogen-bond donors (Lipinski definition) is 2. The number of nitrogens with two attached hydrogens (primary N) is 1. The molecule has 0 amide bonds. The first kappa shape index (κ1) is 25.8. The van der Waals surface area contributed by atoms with Gasteiger partial charge in [0.15, 0.2) is 5.96 Å². The fraction of sp³-hybridized carbons (Fsp3) is 0.588. The summed E-state index contributed by atoms with van der Waals surface area (Å²) in [6, 6.07) is 7.18. The van der Waals surface area contributed by atoms with Crippen LogP contribution in [-0.2, 0) is 10.0 Å². The van der Waals surface area contributed by atoms with Crippen molar-refractivity contribution in [1.29, 1.82) is 0 Å². The lowest BCUT2D eigenvalue weighted by Gasteiger charge is -2.30. The Morgan fingerprint density at radius 3 is 2.31 bits per heavy atom. The second-order valence-electron chi connectivity index (χ2n) is 6.84. The SMILES string of the molecule is CC(C)Oc1ccc(NC(N)=NCC2CCN(S(=O)(=O)C(F)(F)F)CC2)cc1.I. The van der Waals surface area contributed by atoms with Crippen molar-refractivity contribution in [3.63, 3.8) is 0 Å². The zero-order valence-electron chi connectivity index (χ0n) is 16.1. The quantitative estimate of drug-likeness (QED) is 0.322. The van der Waals surface area contributed by atoms with Crippen molar-refractivity contribution in [2.45, 2.75) is 38.3 Å². The minimum Gasteiger partial charge on any atom is -0.491 e. The van der Waals surface area contributed by atoms with E-state index >= 15 is 0 Å². The summed E-state index contributed by atoms with van der Waals surface area (Å²) in [4.78, 5) is 4.21. The summed E-state index contributed by atoms with van der Waals surface area (Å²) in [5.41, 5.74) is 1.31. The molecule has 29 heavy (non-hydrogen) atoms. The third-order valence-electron chi connectivity index (χ3n) is 4.22. The van der Waals surface area contributed by atoms with Crippen LogP contribution >= 0.6 is 24.0 Å². The molecule has 0 radical (unpaired) electrons. The Balaban J connectivity index is 0.00000420. The average molecular weight is 550 g/mol. The van der Waals surface area contributed by atoms with Crippen LogP contribution in [0.15, 0.2) is 29.3 Å². The molecule has 1 aliphatic heterocycles. The summed E-state index contributed by atoms with van der Waals surface area (Å²) in [5, 5.41) is 2.93. The van der Waals surface area contributed by atoms with E-state index in [1.807, 2.05) is 13.8 Å². The van der Waals surface area contributed by atoms with Crippen molar-refractivity contribution in [2.75, 3.05) is 25.0 Å². The van der Waals surface area contributed by atoms with Gasteiger partial charge >= 0.3 is 15.5 Å². The van der Waals surface area contributed by atoms with Gasteiger partial charge in [0.25, 0.3) is 0 Å². The number of benzene rings is 1. The second-order valence-corrected chi connectivity index (χ2v) is 8.76. The Hall–Kier alpha value is -1.28. The molecule has 7 nitrogen and oxygen atoms in total. The van der Waals surface area contributed by atoms with Crippen LogP contribution in [0.25, 0.3) is 0 Å². The van der Waals surface area contributed by atoms with Crippen LogP contribution in [0.1, 0.15) is 26.7 Å². The predicted molar refractivity (Wildman–Crippen MR) is 117 cm³/mol. The molecule has 12 heteroatoms. The summed E-state index contributed by atoms with van der Waals surface area (Å²) in [6.45, 7) is 3.83. The van der Waals surface area contributed by atoms with Crippen molar-refractivity contribution >= 4 is 45.6 Å². The van der Waals surface area contributed by atoms with Gasteiger partial charge in [-0.1, -0.05) is 0 Å². The van der Waals surface area contributed by atoms with Crippen molar-refractivity contribution in [3.05, 3.63) is 24.3 Å². The molecular formula is C17H26F3IN4O3S. The number of sulfonamides is 1. The Morgan fingerprint density at radius 1 is 1.28 bits per heavy atom. The maximum atomic E-state index is 12.6. The normalized spacial score (nSPS) is 17.1. The fourth-order valence-electron chi connectivity index (χ4n) is 2.78. The van der Waals surface area contributed by atoms with E-state index in [0.29, 0.717) is 23.7 Å². The van der Waals surface area contributed by atoms with Gasteiger partial charge in [0, 0.05) is 25.3 Å². The number of guanidine groups is 1. The van der Waals surface area contributed by atoms with Gasteiger partial charge < -0.3 is 15.8 Å². The van der Waals surface area contributed by atoms with Gasteiger partial charge in [-0.3, -0.25) is 4.99 Å². The molecule has 0 atom stereocenters. The molecular weight excluding hydrogens is 524 g/mol. The molecule has 1 aromatic rings. The number of rotatable bonds is 6. The number of ether oxygens (including phenoxy) is 1. The number of anilines is 1. The lowest BCUT2D eigenvalue weighted by atomic mass is 9.98. The van der Waals surface area contributed by atoms with Gasteiger partial charge in [-0.15, -0.1) is 24.0 Å². The van der Waals surface area contributed by atoms with Crippen LogP contribution in [0, 0.1) is 5.92 Å². The molecule has 1 fully saturated rings. The highest BCUT2D eigenvalue weighted by molar-refractivity contribution is 14.0. The monoisotopic (exact) mass is 550 g/mol. The fourth-order valence-corrected chi connectivity index (χ4v) is 3.77. The van der Waals surface area contributed by atoms with Gasteiger partial charge in [0.05, 0.1) is 6.10 Å². The number of aliphatic imine (C=N–C) groups is 1. The summed E-state index contributed by atoms with van der Waals surface area (Å²) in [5.74, 6) is 0.890. The van der Waals surface area contributed by atoms with Gasteiger partial charge in [-0.2, -0.15) is 17.5 Å². The molecule has 0 unspecified atom stereocenters. The third kappa shape index (κ3) is 7.48. The zero-order valence-corrected chi connectivity index (χ0v) is 19.3. The first-order valence-corrected chi connectivity index (χ1v) is 10.3. The summed E-state index contributed by atoms with van der Waals surface area (Å²) >= 11 is 0. The number of piperidine rings is 1. The minimum absolute atomic E-state index is 0. The van der Waals surface area contributed by atoms with Crippen LogP contribution < -0.4 is 15.8 Å². The molecule has 3 N–H and O–H groups in total. The maximum Gasteiger partial charge on any atom is 0.511 e. The standard InChI is InChI=1S/C17H25F3N4O3S.HI/c1-12(2)27-15-5-3-14(4-6-15)23-16(21)22-11-13-7-9-24(10-8-13)28(25,26)17(18,19)20;/h3-6,12-13H,7-11H2,1-2H3,(H3,21,22,23);1H. The molecule has 1 saturated heterocycles. The molecule has 1 heterocycles. The number of alkyl halides is 3. The highest BCUT2D eigenvalue weighted by atomic mass is 127. The Morgan fingerprint density at radius 2 is 1.83 bits per heavy atom. The van der Waals surface area contributed by atoms with Crippen LogP contribution in [0.3, 0.4) is 0 Å². The first-order valence-electron chi connectivity index (χ1n) is 8.89. The van der Waals surface area contributed by atoms with Gasteiger partial charge in [-0.25, -0.2) is 8.42 Å². The van der Waals surface area contributed by atoms with Crippen LogP contribution in [0.2, 0.25) is 0 Å². The smallest absolute Gasteiger partial charge is 0.491 e. The topological polar surface area (TPSA) is 97.0 Å². The highest BCUT2D eigenvalue weighted by Gasteiger charge is 2.50. The third-order valence-corrected chi connectivity index (χ3v) is 5.85. The average Bonchev–Trinajstić information content (AvgIpc) is 2.60. The lowest BCUT2D eigenvalue weighted by molar-refractivity contribution is -0.0496. The molecule has 0 aliphatic carbocycles. The van der Waals surface area contributed by atoms with Gasteiger partial charge in [-0.05, 0) is 56.9 Å². The number of hydrogen-bond acceptors (Lipinski definition) is 4. The number of halogens is 4. The minimum atomic E-state index is -5.26. The molecule has 1 aromatic carbocycles. The molecule has 0 bridgehead atoms. The van der Waals surface area contributed by atoms with Gasteiger partial charge in [0.2, 0.25) is 0 Å². The summed E-state index contributed by atoms with van der Waals surface area (Å²) < 4.78 is 66.6. The Labute approximate surface area is 185 Å². The molecule has 0 saturated carbocycles. The van der Waals surface area contributed by atoms with E-state index in [9.17, 15) is 21.6 Å². The molecule has 0 spiro atoms. The van der Waals surface area contributed by atoms with E-state index in [2.05, 4.69) is 10.3 Å². The first-order chi connectivity index (χ1) is 13.0. The Bertz CT molecular complexity index is 778. The van der Waals surface area contributed by atoms with E-state index in [1.54, 1.807) is 24.3 Å². The molecule has 1 aliphatic rings. The zero-order chi connectivity index (χ0) is 20.9. The molecule has 2 rings (SSSR count). The summed E-state index contributed by atoms with van der Waals surface area (Å²) in [6.07, 6.45) is 0.670. The van der Waals surface area contributed by atoms with Crippen LogP contribution in [-0.4, -0.2) is 49.9 Å². The van der Waals surface area contributed by atoms with E-state index in [-0.39, 0.29) is 55.0 Å². The largest absolute Gasteiger partial charge is 0.511 e. The highest BCUT2D eigenvalue weighted by Crippen LogP contribution is 2.30.